The van der Waals surface area contributed by atoms with Crippen molar-refractivity contribution in [1.82, 2.24) is 0 Å². The summed E-state index contributed by atoms with van der Waals surface area (Å²) >= 11 is 0. The number of hydrogen-bond donors (Lipinski definition) is 0. The molecule has 0 heterocycles. The summed E-state index contributed by atoms with van der Waals surface area (Å²) < 4.78 is 12.2. The summed E-state index contributed by atoms with van der Waals surface area (Å²) in [5.74, 6) is 5.38. The van der Waals surface area contributed by atoms with Crippen LogP contribution in [0, 0.1) is 24.7 Å². The second kappa shape index (κ2) is 7.16. The van der Waals surface area contributed by atoms with E-state index >= 15 is 0 Å². The first-order valence-electron chi connectivity index (χ1n) is 6.34. The minimum atomic E-state index is -1.68. The third-order valence-corrected chi connectivity index (χ3v) is 4.03. The van der Waals surface area contributed by atoms with Gasteiger partial charge >= 0.3 is 0 Å². The van der Waals surface area contributed by atoms with Crippen LogP contribution in [0.25, 0.3) is 0 Å². The molecule has 4 heteroatoms. The van der Waals surface area contributed by atoms with Gasteiger partial charge in [0.05, 0.1) is 6.10 Å². The van der Waals surface area contributed by atoms with Gasteiger partial charge in [-0.25, -0.2) is 0 Å². The van der Waals surface area contributed by atoms with E-state index in [-0.39, 0.29) is 12.2 Å². The number of terminal acetylenes is 2. The van der Waals surface area contributed by atoms with Crippen molar-refractivity contribution in [2.45, 2.75) is 64.3 Å². The van der Waals surface area contributed by atoms with Gasteiger partial charge in [0.15, 0.2) is 16.6 Å². The molecule has 0 saturated carbocycles. The van der Waals surface area contributed by atoms with Gasteiger partial charge in [-0.2, -0.15) is 0 Å². The number of hydrogen-bond acceptors (Lipinski definition) is 2. The topological polar surface area (TPSA) is 18.5 Å². The lowest BCUT2D eigenvalue weighted by Gasteiger charge is -2.33. The van der Waals surface area contributed by atoms with Crippen LogP contribution in [-0.4, -0.2) is 28.8 Å². The predicted octanol–water partition coefficient (Wildman–Crippen LogP) is 3.47. The maximum absolute atomic E-state index is 6.14. The highest BCUT2D eigenvalue weighted by atomic mass is 28.4. The Bertz CT molecular complexity index is 326. The molecule has 0 spiro atoms. The third-order valence-electron chi connectivity index (χ3n) is 2.06. The lowest BCUT2D eigenvalue weighted by molar-refractivity contribution is 0.0736. The smallest absolute Gasteiger partial charge is 0.185 e. The second-order valence-corrected chi connectivity index (χ2v) is 15.2. The lowest BCUT2D eigenvalue weighted by atomic mass is 10.1. The monoisotopic (exact) mass is 282 g/mol. The average Bonchev–Trinajstić information content (AvgIpc) is 2.18. The highest BCUT2D eigenvalue weighted by Crippen LogP contribution is 2.19. The molecule has 2 nitrogen and oxygen atoms in total. The van der Waals surface area contributed by atoms with Crippen LogP contribution in [0.1, 0.15) is 12.8 Å². The van der Waals surface area contributed by atoms with E-state index in [4.69, 9.17) is 21.7 Å². The van der Waals surface area contributed by atoms with Crippen molar-refractivity contribution in [3.05, 3.63) is 0 Å². The fraction of sp³-hybridized carbons (Fsp3) is 0.714. The van der Waals surface area contributed by atoms with Gasteiger partial charge in [0.1, 0.15) is 6.10 Å². The minimum absolute atomic E-state index is 0.0792. The Balaban J connectivity index is 4.80. The Labute approximate surface area is 115 Å². The standard InChI is InChI=1S/C14H26O2Si2/c1-9-11-12-14(16-18(6,7)8)13(10-2)15-17(3,4)5/h1-2,13-14H,11-12H2,3-8H3. The molecular formula is C14H26O2Si2. The lowest BCUT2D eigenvalue weighted by Crippen LogP contribution is -2.44. The van der Waals surface area contributed by atoms with E-state index < -0.39 is 16.6 Å². The van der Waals surface area contributed by atoms with Crippen molar-refractivity contribution >= 4 is 16.6 Å². The molecule has 0 amide bonds. The molecule has 0 fully saturated rings. The van der Waals surface area contributed by atoms with Crippen LogP contribution in [0.5, 0.6) is 0 Å². The SMILES string of the molecule is C#CCCC(O[Si](C)(C)C)C(C#C)O[Si](C)(C)C. The van der Waals surface area contributed by atoms with Crippen LogP contribution in [0.3, 0.4) is 0 Å². The molecule has 18 heavy (non-hydrogen) atoms. The second-order valence-electron chi connectivity index (χ2n) is 6.33. The Kier molecular flexibility index (Phi) is 6.95. The van der Waals surface area contributed by atoms with Crippen molar-refractivity contribution in [2.24, 2.45) is 0 Å². The summed E-state index contributed by atoms with van der Waals surface area (Å²) in [4.78, 5) is 0. The van der Waals surface area contributed by atoms with Crippen LogP contribution in [0.2, 0.25) is 39.3 Å². The van der Waals surface area contributed by atoms with E-state index in [0.717, 1.165) is 6.42 Å². The highest BCUT2D eigenvalue weighted by molar-refractivity contribution is 6.70. The highest BCUT2D eigenvalue weighted by Gasteiger charge is 2.30. The summed E-state index contributed by atoms with van der Waals surface area (Å²) in [7, 11) is -3.33. The quantitative estimate of drug-likeness (QED) is 0.526. The summed E-state index contributed by atoms with van der Waals surface area (Å²) in [5.41, 5.74) is 0. The Morgan fingerprint density at radius 1 is 0.944 bits per heavy atom. The first-order chi connectivity index (χ1) is 8.09. The minimum Gasteiger partial charge on any atom is -0.411 e. The van der Waals surface area contributed by atoms with Gasteiger partial charge in [0, 0.05) is 6.42 Å². The summed E-state index contributed by atoms with van der Waals surface area (Å²) in [6, 6.07) is 0. The van der Waals surface area contributed by atoms with E-state index in [2.05, 4.69) is 51.1 Å². The first-order valence-corrected chi connectivity index (χ1v) is 13.2. The van der Waals surface area contributed by atoms with Crippen LogP contribution in [0.4, 0.5) is 0 Å². The van der Waals surface area contributed by atoms with Crippen molar-refractivity contribution in [2.75, 3.05) is 0 Å². The maximum atomic E-state index is 6.14. The van der Waals surface area contributed by atoms with E-state index in [1.54, 1.807) is 0 Å². The van der Waals surface area contributed by atoms with Crippen molar-refractivity contribution in [1.29, 1.82) is 0 Å². The zero-order valence-corrected chi connectivity index (χ0v) is 14.5. The molecule has 0 aromatic heterocycles. The fourth-order valence-electron chi connectivity index (χ4n) is 1.55. The molecule has 0 radical (unpaired) electrons. The largest absolute Gasteiger partial charge is 0.411 e. The van der Waals surface area contributed by atoms with Crippen molar-refractivity contribution in [3.8, 4) is 24.7 Å². The first kappa shape index (κ1) is 17.5. The molecule has 102 valence electrons. The summed E-state index contributed by atoms with van der Waals surface area (Å²) in [5, 5.41) is 0. The van der Waals surface area contributed by atoms with Gasteiger partial charge in [0.2, 0.25) is 0 Å². The maximum Gasteiger partial charge on any atom is 0.185 e. The van der Waals surface area contributed by atoms with E-state index in [1.165, 1.54) is 0 Å². The predicted molar refractivity (Wildman–Crippen MR) is 83.3 cm³/mol. The van der Waals surface area contributed by atoms with Crippen molar-refractivity contribution < 1.29 is 8.85 Å². The van der Waals surface area contributed by atoms with Crippen LogP contribution in [0.15, 0.2) is 0 Å². The molecule has 2 unspecified atom stereocenters. The summed E-state index contributed by atoms with van der Waals surface area (Å²) in [6.07, 6.45) is 12.0. The molecule has 0 aliphatic rings. The Hall–Kier alpha value is -0.526. The fourth-order valence-corrected chi connectivity index (χ4v) is 3.68. The van der Waals surface area contributed by atoms with Crippen LogP contribution < -0.4 is 0 Å². The zero-order chi connectivity index (χ0) is 14.4. The van der Waals surface area contributed by atoms with E-state index in [1.807, 2.05) is 0 Å². The Morgan fingerprint density at radius 3 is 1.78 bits per heavy atom. The van der Waals surface area contributed by atoms with E-state index in [0.29, 0.717) is 6.42 Å². The molecule has 0 aromatic carbocycles. The number of rotatable bonds is 7. The zero-order valence-electron chi connectivity index (χ0n) is 12.5. The molecule has 0 aliphatic heterocycles. The van der Waals surface area contributed by atoms with Gasteiger partial charge in [0.25, 0.3) is 0 Å². The van der Waals surface area contributed by atoms with E-state index in [9.17, 15) is 0 Å². The molecule has 0 bridgehead atoms. The van der Waals surface area contributed by atoms with Gasteiger partial charge in [-0.3, -0.25) is 0 Å². The van der Waals surface area contributed by atoms with Gasteiger partial charge in [-0.05, 0) is 45.7 Å². The van der Waals surface area contributed by atoms with Gasteiger partial charge in [-0.1, -0.05) is 5.92 Å². The van der Waals surface area contributed by atoms with Crippen LogP contribution >= 0.6 is 0 Å². The average molecular weight is 283 g/mol. The Morgan fingerprint density at radius 2 is 1.44 bits per heavy atom. The molecular weight excluding hydrogens is 256 g/mol. The molecule has 2 atom stereocenters. The van der Waals surface area contributed by atoms with Crippen LogP contribution in [-0.2, 0) is 8.85 Å². The van der Waals surface area contributed by atoms with Gasteiger partial charge in [-0.15, -0.1) is 18.8 Å². The molecule has 0 aliphatic carbocycles. The molecule has 0 saturated heterocycles. The normalized spacial score (nSPS) is 15.6. The van der Waals surface area contributed by atoms with Crippen molar-refractivity contribution in [3.63, 3.8) is 0 Å². The molecule has 0 N–H and O–H groups in total. The molecule has 0 aromatic rings. The third kappa shape index (κ3) is 8.55. The molecule has 0 rings (SSSR count). The summed E-state index contributed by atoms with van der Waals surface area (Å²) in [6.45, 7) is 12.8. The van der Waals surface area contributed by atoms with Gasteiger partial charge < -0.3 is 8.85 Å².